The first kappa shape index (κ1) is 16.2. The molecule has 1 saturated heterocycles. The molecule has 1 amide bonds. The van der Waals surface area contributed by atoms with Crippen molar-refractivity contribution < 1.29 is 14.3 Å². The first-order chi connectivity index (χ1) is 10.1. The van der Waals surface area contributed by atoms with Crippen LogP contribution in [0.2, 0.25) is 0 Å². The van der Waals surface area contributed by atoms with Gasteiger partial charge in [-0.1, -0.05) is 19.3 Å². The highest BCUT2D eigenvalue weighted by Gasteiger charge is 2.33. The van der Waals surface area contributed by atoms with E-state index in [0.717, 1.165) is 13.0 Å². The standard InChI is InChI=1S/C15H27N3O3/c1-21-15(20)11-7-13(9-18(8-11)10-14(16)19)17-12-5-3-2-4-6-12/h11-13,17H,2-10H2,1H3,(H2,16,19). The lowest BCUT2D eigenvalue weighted by molar-refractivity contribution is -0.148. The lowest BCUT2D eigenvalue weighted by Gasteiger charge is -2.38. The molecular formula is C15H27N3O3. The summed E-state index contributed by atoms with van der Waals surface area (Å²) in [7, 11) is 1.42. The highest BCUT2D eigenvalue weighted by molar-refractivity contribution is 5.76. The smallest absolute Gasteiger partial charge is 0.310 e. The van der Waals surface area contributed by atoms with Gasteiger partial charge in [0.05, 0.1) is 19.6 Å². The summed E-state index contributed by atoms with van der Waals surface area (Å²) in [4.78, 5) is 25.0. The Kier molecular flexibility index (Phi) is 5.99. The molecular weight excluding hydrogens is 270 g/mol. The van der Waals surface area contributed by atoms with E-state index in [4.69, 9.17) is 10.5 Å². The molecule has 2 atom stereocenters. The van der Waals surface area contributed by atoms with Gasteiger partial charge in [-0.05, 0) is 19.3 Å². The third-order valence-electron chi connectivity index (χ3n) is 4.52. The number of carbonyl (C=O) groups is 2. The van der Waals surface area contributed by atoms with E-state index in [1.165, 1.54) is 39.2 Å². The molecule has 2 aliphatic rings. The fourth-order valence-electron chi connectivity index (χ4n) is 3.60. The van der Waals surface area contributed by atoms with Crippen LogP contribution in [0.25, 0.3) is 0 Å². The molecule has 1 saturated carbocycles. The maximum atomic E-state index is 11.8. The zero-order valence-electron chi connectivity index (χ0n) is 12.8. The van der Waals surface area contributed by atoms with E-state index in [1.54, 1.807) is 0 Å². The average Bonchev–Trinajstić information content (AvgIpc) is 2.46. The Labute approximate surface area is 126 Å². The number of piperidine rings is 1. The zero-order chi connectivity index (χ0) is 15.2. The Morgan fingerprint density at radius 3 is 2.52 bits per heavy atom. The maximum absolute atomic E-state index is 11.8. The number of nitrogens with two attached hydrogens (primary N) is 1. The number of hydrogen-bond donors (Lipinski definition) is 2. The Bertz CT molecular complexity index is 369. The van der Waals surface area contributed by atoms with Crippen LogP contribution in [-0.4, -0.2) is 55.6 Å². The summed E-state index contributed by atoms with van der Waals surface area (Å²) in [5.74, 6) is -0.722. The van der Waals surface area contributed by atoms with Gasteiger partial charge >= 0.3 is 5.97 Å². The maximum Gasteiger partial charge on any atom is 0.310 e. The summed E-state index contributed by atoms with van der Waals surface area (Å²) in [5.41, 5.74) is 5.29. The minimum atomic E-state index is -0.350. The molecule has 2 fully saturated rings. The second kappa shape index (κ2) is 7.75. The number of methoxy groups -OCH3 is 1. The second-order valence-corrected chi connectivity index (χ2v) is 6.31. The van der Waals surface area contributed by atoms with Crippen molar-refractivity contribution in [2.24, 2.45) is 11.7 Å². The van der Waals surface area contributed by atoms with Crippen LogP contribution in [-0.2, 0) is 14.3 Å². The molecule has 6 nitrogen and oxygen atoms in total. The number of amides is 1. The Morgan fingerprint density at radius 2 is 1.90 bits per heavy atom. The van der Waals surface area contributed by atoms with Gasteiger partial charge in [-0.15, -0.1) is 0 Å². The number of rotatable bonds is 5. The van der Waals surface area contributed by atoms with Crippen molar-refractivity contribution in [3.8, 4) is 0 Å². The first-order valence-electron chi connectivity index (χ1n) is 7.93. The predicted octanol–water partition coefficient (Wildman–Crippen LogP) is 0.258. The Balaban J connectivity index is 1.94. The highest BCUT2D eigenvalue weighted by atomic mass is 16.5. The van der Waals surface area contributed by atoms with Crippen LogP contribution in [0.4, 0.5) is 0 Å². The minimum absolute atomic E-state index is 0.177. The molecule has 6 heteroatoms. The third kappa shape index (κ3) is 4.97. The molecule has 2 rings (SSSR count). The van der Waals surface area contributed by atoms with Crippen LogP contribution in [0.15, 0.2) is 0 Å². The van der Waals surface area contributed by atoms with Crippen LogP contribution in [0, 0.1) is 5.92 Å². The van der Waals surface area contributed by atoms with Crippen LogP contribution in [0.1, 0.15) is 38.5 Å². The Hall–Kier alpha value is -1.14. The van der Waals surface area contributed by atoms with Crippen molar-refractivity contribution in [2.75, 3.05) is 26.7 Å². The lowest BCUT2D eigenvalue weighted by Crippen LogP contribution is -2.55. The average molecular weight is 297 g/mol. The number of nitrogens with one attached hydrogen (secondary N) is 1. The summed E-state index contributed by atoms with van der Waals surface area (Å²) in [6.07, 6.45) is 7.05. The second-order valence-electron chi connectivity index (χ2n) is 6.31. The van der Waals surface area contributed by atoms with E-state index < -0.39 is 0 Å². The molecule has 1 heterocycles. The normalized spacial score (nSPS) is 28.2. The summed E-state index contributed by atoms with van der Waals surface area (Å²) in [6.45, 7) is 1.53. The summed E-state index contributed by atoms with van der Waals surface area (Å²) >= 11 is 0. The van der Waals surface area contributed by atoms with E-state index in [-0.39, 0.29) is 30.4 Å². The number of ether oxygens (including phenoxy) is 1. The van der Waals surface area contributed by atoms with Gasteiger partial charge in [-0.2, -0.15) is 0 Å². The van der Waals surface area contributed by atoms with Gasteiger partial charge in [0.1, 0.15) is 0 Å². The van der Waals surface area contributed by atoms with Crippen molar-refractivity contribution in [3.05, 3.63) is 0 Å². The van der Waals surface area contributed by atoms with Crippen LogP contribution in [0.3, 0.4) is 0 Å². The number of esters is 1. The number of carbonyl (C=O) groups excluding carboxylic acids is 2. The van der Waals surface area contributed by atoms with Gasteiger partial charge in [0.15, 0.2) is 0 Å². The number of likely N-dealkylation sites (tertiary alicyclic amines) is 1. The fourth-order valence-corrected chi connectivity index (χ4v) is 3.60. The van der Waals surface area contributed by atoms with Gasteiger partial charge in [-0.3, -0.25) is 14.5 Å². The van der Waals surface area contributed by atoms with Gasteiger partial charge in [0.2, 0.25) is 5.91 Å². The van der Waals surface area contributed by atoms with E-state index in [9.17, 15) is 9.59 Å². The SMILES string of the molecule is COC(=O)C1CC(NC2CCCCC2)CN(CC(N)=O)C1. The van der Waals surface area contributed by atoms with Crippen molar-refractivity contribution in [1.29, 1.82) is 0 Å². The molecule has 3 N–H and O–H groups in total. The topological polar surface area (TPSA) is 84.7 Å². The van der Waals surface area contributed by atoms with E-state index in [0.29, 0.717) is 12.6 Å². The van der Waals surface area contributed by atoms with Crippen LogP contribution >= 0.6 is 0 Å². The molecule has 0 radical (unpaired) electrons. The summed E-state index contributed by atoms with van der Waals surface area (Å²) in [6, 6.07) is 0.765. The van der Waals surface area contributed by atoms with Gasteiger partial charge < -0.3 is 15.8 Å². The van der Waals surface area contributed by atoms with Gasteiger partial charge in [0.25, 0.3) is 0 Å². The lowest BCUT2D eigenvalue weighted by atomic mass is 9.90. The molecule has 0 aromatic carbocycles. The zero-order valence-corrected chi connectivity index (χ0v) is 12.8. The third-order valence-corrected chi connectivity index (χ3v) is 4.52. The van der Waals surface area contributed by atoms with Crippen LogP contribution in [0.5, 0.6) is 0 Å². The van der Waals surface area contributed by atoms with Crippen molar-refractivity contribution in [1.82, 2.24) is 10.2 Å². The highest BCUT2D eigenvalue weighted by Crippen LogP contribution is 2.22. The molecule has 21 heavy (non-hydrogen) atoms. The molecule has 2 unspecified atom stereocenters. The number of hydrogen-bond acceptors (Lipinski definition) is 5. The van der Waals surface area contributed by atoms with Crippen molar-refractivity contribution in [2.45, 2.75) is 50.6 Å². The van der Waals surface area contributed by atoms with E-state index in [1.807, 2.05) is 4.90 Å². The number of primary amides is 1. The van der Waals surface area contributed by atoms with Gasteiger partial charge in [0, 0.05) is 25.2 Å². The Morgan fingerprint density at radius 1 is 1.19 bits per heavy atom. The first-order valence-corrected chi connectivity index (χ1v) is 7.93. The van der Waals surface area contributed by atoms with Crippen molar-refractivity contribution in [3.63, 3.8) is 0 Å². The fraction of sp³-hybridized carbons (Fsp3) is 0.867. The minimum Gasteiger partial charge on any atom is -0.469 e. The molecule has 0 aromatic rings. The largest absolute Gasteiger partial charge is 0.469 e. The monoisotopic (exact) mass is 297 g/mol. The molecule has 1 aliphatic heterocycles. The van der Waals surface area contributed by atoms with Crippen LogP contribution < -0.4 is 11.1 Å². The summed E-state index contributed by atoms with van der Waals surface area (Å²) in [5, 5.41) is 3.67. The quantitative estimate of drug-likeness (QED) is 0.711. The number of nitrogens with zero attached hydrogens (tertiary/aromatic N) is 1. The molecule has 0 aromatic heterocycles. The van der Waals surface area contributed by atoms with Gasteiger partial charge in [-0.25, -0.2) is 0 Å². The van der Waals surface area contributed by atoms with E-state index >= 15 is 0 Å². The van der Waals surface area contributed by atoms with Crippen molar-refractivity contribution >= 4 is 11.9 Å². The molecule has 1 aliphatic carbocycles. The van der Waals surface area contributed by atoms with E-state index in [2.05, 4.69) is 5.32 Å². The molecule has 0 spiro atoms. The molecule has 120 valence electrons. The predicted molar refractivity (Wildman–Crippen MR) is 79.6 cm³/mol. The summed E-state index contributed by atoms with van der Waals surface area (Å²) < 4.78 is 4.87. The molecule has 0 bridgehead atoms.